The molecule has 0 heterocycles. The summed E-state index contributed by atoms with van der Waals surface area (Å²) in [4.78, 5) is 0. The van der Waals surface area contributed by atoms with Crippen LogP contribution in [0.4, 0.5) is 13.2 Å². The monoisotopic (exact) mass is 378 g/mol. The van der Waals surface area contributed by atoms with Gasteiger partial charge >= 0.3 is 6.18 Å². The Labute approximate surface area is 119 Å². The second-order valence-corrected chi connectivity index (χ2v) is 5.44. The summed E-state index contributed by atoms with van der Waals surface area (Å²) >= 11 is 6.55. The van der Waals surface area contributed by atoms with E-state index in [4.69, 9.17) is 0 Å². The van der Waals surface area contributed by atoms with E-state index in [2.05, 4.69) is 31.9 Å². The van der Waals surface area contributed by atoms with Crippen molar-refractivity contribution in [2.75, 3.05) is 0 Å². The molecule has 0 saturated heterocycles. The molecule has 0 atom stereocenters. The predicted molar refractivity (Wildman–Crippen MR) is 72.3 cm³/mol. The molecule has 0 radical (unpaired) electrons. The van der Waals surface area contributed by atoms with E-state index in [1.54, 1.807) is 24.3 Å². The van der Waals surface area contributed by atoms with Gasteiger partial charge in [0.1, 0.15) is 0 Å². The van der Waals surface area contributed by atoms with E-state index in [9.17, 15) is 13.2 Å². The van der Waals surface area contributed by atoms with Gasteiger partial charge in [-0.1, -0.05) is 50.1 Å². The minimum Gasteiger partial charge on any atom is -0.166 e. The number of hydrogen-bond donors (Lipinski definition) is 0. The summed E-state index contributed by atoms with van der Waals surface area (Å²) in [5.41, 5.74) is 0.0410. The first kappa shape index (κ1) is 13.6. The first-order valence-corrected chi connectivity index (χ1v) is 6.60. The topological polar surface area (TPSA) is 0 Å². The Bertz CT molecular complexity index is 577. The molecule has 0 aliphatic carbocycles. The van der Waals surface area contributed by atoms with Crippen molar-refractivity contribution in [3.8, 4) is 11.1 Å². The lowest BCUT2D eigenvalue weighted by molar-refractivity contribution is -0.137. The Morgan fingerprint density at radius 1 is 0.833 bits per heavy atom. The maximum atomic E-state index is 12.9. The minimum absolute atomic E-state index is 0.165. The number of benzene rings is 2. The molecule has 0 N–H and O–H groups in total. The highest BCUT2D eigenvalue weighted by atomic mass is 79.9. The van der Waals surface area contributed by atoms with Crippen molar-refractivity contribution >= 4 is 31.9 Å². The fourth-order valence-electron chi connectivity index (χ4n) is 1.67. The molecule has 0 saturated carbocycles. The van der Waals surface area contributed by atoms with Crippen LogP contribution in [0, 0.1) is 0 Å². The van der Waals surface area contributed by atoms with Crippen molar-refractivity contribution in [1.29, 1.82) is 0 Å². The normalized spacial score (nSPS) is 11.6. The van der Waals surface area contributed by atoms with Crippen molar-refractivity contribution in [2.45, 2.75) is 6.18 Å². The Morgan fingerprint density at radius 3 is 2.17 bits per heavy atom. The number of halogens is 5. The van der Waals surface area contributed by atoms with Crippen molar-refractivity contribution in [3.63, 3.8) is 0 Å². The lowest BCUT2D eigenvalue weighted by Gasteiger charge is -2.14. The van der Waals surface area contributed by atoms with Gasteiger partial charge in [-0.05, 0) is 35.4 Å². The number of hydrogen-bond acceptors (Lipinski definition) is 0. The van der Waals surface area contributed by atoms with Gasteiger partial charge in [-0.3, -0.25) is 0 Å². The summed E-state index contributed by atoms with van der Waals surface area (Å²) in [6.07, 6.45) is -4.36. The molecule has 0 amide bonds. The van der Waals surface area contributed by atoms with Crippen LogP contribution in [-0.2, 0) is 6.18 Å². The molecule has 0 unspecified atom stereocenters. The van der Waals surface area contributed by atoms with E-state index >= 15 is 0 Å². The van der Waals surface area contributed by atoms with Crippen LogP contribution in [0.25, 0.3) is 11.1 Å². The zero-order valence-corrected chi connectivity index (χ0v) is 12.1. The van der Waals surface area contributed by atoms with Gasteiger partial charge in [0.15, 0.2) is 0 Å². The van der Waals surface area contributed by atoms with Gasteiger partial charge in [0.25, 0.3) is 0 Å². The van der Waals surface area contributed by atoms with Crippen molar-refractivity contribution < 1.29 is 13.2 Å². The Hall–Kier alpha value is -0.810. The van der Waals surface area contributed by atoms with Crippen molar-refractivity contribution in [2.24, 2.45) is 0 Å². The predicted octanol–water partition coefficient (Wildman–Crippen LogP) is 5.90. The first-order chi connectivity index (χ1) is 8.39. The van der Waals surface area contributed by atoms with Crippen LogP contribution in [0.5, 0.6) is 0 Å². The molecule has 0 aliphatic rings. The quantitative estimate of drug-likeness (QED) is 0.578. The zero-order chi connectivity index (χ0) is 13.3. The summed E-state index contributed by atoms with van der Waals surface area (Å²) in [5, 5.41) is 0. The molecule has 0 fully saturated rings. The molecule has 2 rings (SSSR count). The second kappa shape index (κ2) is 5.05. The third-order valence-electron chi connectivity index (χ3n) is 2.45. The zero-order valence-electron chi connectivity index (χ0n) is 8.93. The molecular weight excluding hydrogens is 373 g/mol. The third kappa shape index (κ3) is 2.78. The highest BCUT2D eigenvalue weighted by Crippen LogP contribution is 2.40. The van der Waals surface area contributed by atoms with Gasteiger partial charge in [-0.15, -0.1) is 0 Å². The van der Waals surface area contributed by atoms with Gasteiger partial charge in [0.05, 0.1) is 5.56 Å². The first-order valence-electron chi connectivity index (χ1n) is 5.01. The van der Waals surface area contributed by atoms with Crippen LogP contribution < -0.4 is 0 Å². The number of rotatable bonds is 1. The van der Waals surface area contributed by atoms with Crippen LogP contribution in [0.3, 0.4) is 0 Å². The highest BCUT2D eigenvalue weighted by Gasteiger charge is 2.33. The van der Waals surface area contributed by atoms with Crippen molar-refractivity contribution in [1.82, 2.24) is 0 Å². The smallest absolute Gasteiger partial charge is 0.166 e. The van der Waals surface area contributed by atoms with E-state index in [0.717, 1.165) is 10.5 Å². The fourth-order valence-corrected chi connectivity index (χ4v) is 2.49. The molecule has 0 nitrogen and oxygen atoms in total. The maximum Gasteiger partial charge on any atom is 0.417 e. The van der Waals surface area contributed by atoms with E-state index in [0.29, 0.717) is 10.0 Å². The van der Waals surface area contributed by atoms with Gasteiger partial charge in [-0.2, -0.15) is 13.2 Å². The van der Waals surface area contributed by atoms with Crippen LogP contribution in [0.15, 0.2) is 51.4 Å². The number of alkyl halides is 3. The average Bonchev–Trinajstić information content (AvgIpc) is 2.31. The minimum atomic E-state index is -4.36. The van der Waals surface area contributed by atoms with Gasteiger partial charge in [-0.25, -0.2) is 0 Å². The second-order valence-electron chi connectivity index (χ2n) is 3.67. The summed E-state index contributed by atoms with van der Waals surface area (Å²) in [5.74, 6) is 0. The molecule has 0 aromatic heterocycles. The summed E-state index contributed by atoms with van der Waals surface area (Å²) < 4.78 is 40.2. The SMILES string of the molecule is FC(F)(F)c1ccccc1-c1cc(Br)ccc1Br. The van der Waals surface area contributed by atoms with E-state index in [1.165, 1.54) is 12.1 Å². The molecule has 18 heavy (non-hydrogen) atoms. The van der Waals surface area contributed by atoms with Crippen LogP contribution in [0.2, 0.25) is 0 Å². The Balaban J connectivity index is 2.68. The van der Waals surface area contributed by atoms with Crippen LogP contribution in [-0.4, -0.2) is 0 Å². The van der Waals surface area contributed by atoms with E-state index < -0.39 is 11.7 Å². The third-order valence-corrected chi connectivity index (χ3v) is 3.64. The molecule has 2 aromatic carbocycles. The molecule has 94 valence electrons. The van der Waals surface area contributed by atoms with E-state index in [-0.39, 0.29) is 5.56 Å². The molecule has 0 aliphatic heterocycles. The molecule has 0 spiro atoms. The largest absolute Gasteiger partial charge is 0.417 e. The summed E-state index contributed by atoms with van der Waals surface area (Å²) in [6.45, 7) is 0. The van der Waals surface area contributed by atoms with Gasteiger partial charge in [0.2, 0.25) is 0 Å². The van der Waals surface area contributed by atoms with Crippen LogP contribution >= 0.6 is 31.9 Å². The lowest BCUT2D eigenvalue weighted by atomic mass is 9.99. The molecule has 2 aromatic rings. The van der Waals surface area contributed by atoms with E-state index in [1.807, 2.05) is 0 Å². The molecular formula is C13H7Br2F3. The Morgan fingerprint density at radius 2 is 1.50 bits per heavy atom. The van der Waals surface area contributed by atoms with Gasteiger partial charge in [0, 0.05) is 8.95 Å². The van der Waals surface area contributed by atoms with Crippen molar-refractivity contribution in [3.05, 3.63) is 57.0 Å². The lowest BCUT2D eigenvalue weighted by Crippen LogP contribution is -2.07. The molecule has 0 bridgehead atoms. The standard InChI is InChI=1S/C13H7Br2F3/c14-8-5-6-12(15)10(7-8)9-3-1-2-4-11(9)13(16,17)18/h1-7H. The summed E-state index contributed by atoms with van der Waals surface area (Å²) in [6, 6.07) is 10.7. The fraction of sp³-hybridized carbons (Fsp3) is 0.0769. The molecule has 5 heteroatoms. The maximum absolute atomic E-state index is 12.9. The average molecular weight is 380 g/mol. The van der Waals surface area contributed by atoms with Crippen LogP contribution in [0.1, 0.15) is 5.56 Å². The summed E-state index contributed by atoms with van der Waals surface area (Å²) in [7, 11) is 0. The van der Waals surface area contributed by atoms with Gasteiger partial charge < -0.3 is 0 Å². The highest BCUT2D eigenvalue weighted by molar-refractivity contribution is 9.11. The Kier molecular flexibility index (Phi) is 3.82.